The zero-order chi connectivity index (χ0) is 18.8. The van der Waals surface area contributed by atoms with Gasteiger partial charge in [-0.05, 0) is 68.9 Å². The normalized spacial score (nSPS) is 14.7. The van der Waals surface area contributed by atoms with Crippen molar-refractivity contribution in [2.75, 3.05) is 16.4 Å². The van der Waals surface area contributed by atoms with Gasteiger partial charge in [-0.3, -0.25) is 10.1 Å². The molecule has 5 nitrogen and oxygen atoms in total. The molecule has 0 aliphatic heterocycles. The summed E-state index contributed by atoms with van der Waals surface area (Å²) in [6.45, 7) is 8.10. The lowest BCUT2D eigenvalue weighted by Gasteiger charge is -2.15. The van der Waals surface area contributed by atoms with Crippen LogP contribution in [0.2, 0.25) is 0 Å². The van der Waals surface area contributed by atoms with Gasteiger partial charge in [0.25, 0.3) is 0 Å². The van der Waals surface area contributed by atoms with E-state index in [9.17, 15) is 4.79 Å². The lowest BCUT2D eigenvalue weighted by molar-refractivity contribution is -0.342. The smallest absolute Gasteiger partial charge is 0.248 e. The van der Waals surface area contributed by atoms with Crippen molar-refractivity contribution in [3.8, 4) is 0 Å². The summed E-state index contributed by atoms with van der Waals surface area (Å²) in [6, 6.07) is 8.40. The number of amides is 1. The van der Waals surface area contributed by atoms with Crippen molar-refractivity contribution in [2.24, 2.45) is 0 Å². The van der Waals surface area contributed by atoms with E-state index in [0.29, 0.717) is 11.5 Å². The van der Waals surface area contributed by atoms with E-state index in [-0.39, 0.29) is 24.4 Å². The van der Waals surface area contributed by atoms with Crippen LogP contribution in [0.25, 0.3) is 0 Å². The van der Waals surface area contributed by atoms with Gasteiger partial charge in [0, 0.05) is 12.1 Å². The number of hydrogen-bond donors (Lipinski definition) is 3. The molecule has 0 fully saturated rings. The Morgan fingerprint density at radius 2 is 1.89 bits per heavy atom. The molecule has 0 bridgehead atoms. The molecule has 1 aliphatic rings. The number of pyridine rings is 1. The molecule has 0 radical (unpaired) electrons. The lowest BCUT2D eigenvalue weighted by Crippen LogP contribution is -3.00. The molecule has 1 aromatic heterocycles. The first kappa shape index (κ1) is 20.8. The van der Waals surface area contributed by atoms with Crippen molar-refractivity contribution in [2.45, 2.75) is 46.6 Å². The van der Waals surface area contributed by atoms with E-state index in [1.165, 1.54) is 22.3 Å². The summed E-state index contributed by atoms with van der Waals surface area (Å²) in [5.41, 5.74) is 13.1. The van der Waals surface area contributed by atoms with E-state index in [1.807, 2.05) is 26.0 Å². The van der Waals surface area contributed by atoms with Crippen molar-refractivity contribution in [1.82, 2.24) is 0 Å². The Morgan fingerprint density at radius 3 is 2.56 bits per heavy atom. The number of nitrogen functional groups attached to an aromatic ring is 1. The van der Waals surface area contributed by atoms with Crippen molar-refractivity contribution in [1.29, 1.82) is 0 Å². The Morgan fingerprint density at radius 1 is 1.19 bits per heavy atom. The summed E-state index contributed by atoms with van der Waals surface area (Å²) in [6.07, 6.45) is 3.70. The van der Waals surface area contributed by atoms with Crippen LogP contribution in [-0.2, 0) is 11.2 Å². The lowest BCUT2D eigenvalue weighted by atomic mass is 9.98. The fourth-order valence-corrected chi connectivity index (χ4v) is 3.61. The zero-order valence-corrected chi connectivity index (χ0v) is 17.0. The number of carbonyl (C=O) groups is 1. The highest BCUT2D eigenvalue weighted by Gasteiger charge is 2.28. The van der Waals surface area contributed by atoms with Crippen LogP contribution in [0, 0.1) is 13.8 Å². The largest absolute Gasteiger partial charge is 1.00 e. The van der Waals surface area contributed by atoms with E-state index in [2.05, 4.69) is 41.6 Å². The number of rotatable bonds is 4. The van der Waals surface area contributed by atoms with E-state index >= 15 is 0 Å². The van der Waals surface area contributed by atoms with E-state index in [4.69, 9.17) is 5.73 Å². The molecule has 1 aliphatic carbocycles. The molecule has 1 amide bonds. The van der Waals surface area contributed by atoms with Crippen molar-refractivity contribution in [3.05, 3.63) is 58.2 Å². The van der Waals surface area contributed by atoms with Gasteiger partial charge in [-0.25, -0.2) is 4.98 Å². The van der Waals surface area contributed by atoms with E-state index < -0.39 is 0 Å². The highest BCUT2D eigenvalue weighted by Crippen LogP contribution is 2.37. The molecule has 6 heteroatoms. The monoisotopic (exact) mass is 386 g/mol. The molecule has 1 atom stereocenters. The third-order valence-electron chi connectivity index (χ3n) is 4.82. The van der Waals surface area contributed by atoms with Crippen LogP contribution in [0.3, 0.4) is 0 Å². The number of aromatic amines is 1. The number of benzene rings is 1. The summed E-state index contributed by atoms with van der Waals surface area (Å²) < 4.78 is 0. The minimum Gasteiger partial charge on any atom is -1.00 e. The minimum absolute atomic E-state index is 0. The number of aromatic nitrogens is 1. The summed E-state index contributed by atoms with van der Waals surface area (Å²) in [5, 5.41) is 6.35. The molecular weight excluding hydrogens is 360 g/mol. The predicted octanol–water partition coefficient (Wildman–Crippen LogP) is 0.708. The van der Waals surface area contributed by atoms with Crippen LogP contribution in [0.5, 0.6) is 0 Å². The number of fused-ring (bicyclic) bond motifs is 1. The summed E-state index contributed by atoms with van der Waals surface area (Å²) in [4.78, 5) is 15.0. The van der Waals surface area contributed by atoms with Crippen LogP contribution in [0.4, 0.5) is 17.3 Å². The number of anilines is 3. The first-order chi connectivity index (χ1) is 12.3. The second-order valence-corrected chi connectivity index (χ2v) is 7.24. The Hall–Kier alpha value is -2.53. The molecule has 5 N–H and O–H groups in total. The average Bonchev–Trinajstić information content (AvgIpc) is 2.98. The van der Waals surface area contributed by atoms with Crippen LogP contribution in [-0.4, -0.2) is 5.91 Å². The number of allylic oxidation sites excluding steroid dienone is 1. The summed E-state index contributed by atoms with van der Waals surface area (Å²) in [7, 11) is 0. The van der Waals surface area contributed by atoms with Gasteiger partial charge in [0.05, 0.1) is 6.04 Å². The zero-order valence-electron chi connectivity index (χ0n) is 16.2. The molecule has 0 spiro atoms. The van der Waals surface area contributed by atoms with Gasteiger partial charge in [-0.1, -0.05) is 17.7 Å². The second-order valence-electron chi connectivity index (χ2n) is 7.24. The van der Waals surface area contributed by atoms with Gasteiger partial charge in [0.15, 0.2) is 0 Å². The van der Waals surface area contributed by atoms with Crippen molar-refractivity contribution in [3.63, 3.8) is 0 Å². The number of halogens is 1. The number of carbonyl (C=O) groups excluding carboxylic acids is 1. The summed E-state index contributed by atoms with van der Waals surface area (Å²) in [5.74, 6) is 1.10. The highest BCUT2D eigenvalue weighted by atomic mass is 35.5. The quantitative estimate of drug-likeness (QED) is 0.677. The number of nitrogens with two attached hydrogens (primary N) is 1. The molecule has 0 saturated carbocycles. The number of hydrogen-bond acceptors (Lipinski definition) is 3. The average molecular weight is 387 g/mol. The molecular formula is C21H27ClN4O. The van der Waals surface area contributed by atoms with E-state index in [1.54, 1.807) is 6.08 Å². The van der Waals surface area contributed by atoms with Crippen LogP contribution < -0.4 is 33.8 Å². The topological polar surface area (TPSA) is 81.3 Å². The van der Waals surface area contributed by atoms with Gasteiger partial charge in [-0.2, -0.15) is 0 Å². The Bertz CT molecular complexity index is 888. The van der Waals surface area contributed by atoms with Crippen molar-refractivity contribution >= 4 is 23.2 Å². The molecule has 0 saturated heterocycles. The Kier molecular flexibility index (Phi) is 6.50. The van der Waals surface area contributed by atoms with Gasteiger partial charge >= 0.3 is 0 Å². The maximum atomic E-state index is 11.9. The number of aryl methyl sites for hydroxylation is 2. The van der Waals surface area contributed by atoms with E-state index in [0.717, 1.165) is 24.2 Å². The van der Waals surface area contributed by atoms with Gasteiger partial charge in [0.2, 0.25) is 17.5 Å². The van der Waals surface area contributed by atoms with Gasteiger partial charge in [0.1, 0.15) is 5.69 Å². The fourth-order valence-electron chi connectivity index (χ4n) is 3.61. The molecule has 27 heavy (non-hydrogen) atoms. The van der Waals surface area contributed by atoms with Crippen LogP contribution in [0.1, 0.15) is 48.6 Å². The minimum atomic E-state index is -0.179. The Balaban J connectivity index is 0.00000261. The second kappa shape index (κ2) is 8.44. The van der Waals surface area contributed by atoms with Crippen molar-refractivity contribution < 1.29 is 22.2 Å². The molecule has 3 rings (SSSR count). The SMILES string of the molecule is CC(C)=CC(=O)Nc1ccc(NC2CCc3c(C)ccc(C)c32)[nH+]c1N.[Cl-]. The standard InChI is InChI=1S/C21H26N4O.ClH/c1-12(2)11-19(26)24-17-9-10-18(25-21(17)22)23-16-8-7-15-13(3)5-6-14(4)20(15)16;/h5-6,9-11,16H,7-8H2,1-4H3,(H,24,26)(H3,22,23,25);1H. The van der Waals surface area contributed by atoms with Gasteiger partial charge < -0.3 is 23.5 Å². The first-order valence-electron chi connectivity index (χ1n) is 8.98. The molecule has 144 valence electrons. The number of H-pyrrole nitrogens is 1. The third-order valence-corrected chi connectivity index (χ3v) is 4.82. The summed E-state index contributed by atoms with van der Waals surface area (Å²) >= 11 is 0. The molecule has 2 aromatic rings. The maximum absolute atomic E-state index is 11.9. The fraction of sp³-hybridized carbons (Fsp3) is 0.333. The predicted molar refractivity (Wildman–Crippen MR) is 106 cm³/mol. The molecule has 1 unspecified atom stereocenters. The highest BCUT2D eigenvalue weighted by molar-refractivity contribution is 6.00. The molecule has 1 heterocycles. The number of nitrogens with one attached hydrogen (secondary N) is 3. The Labute approximate surface area is 166 Å². The first-order valence-corrected chi connectivity index (χ1v) is 8.98. The van der Waals surface area contributed by atoms with Gasteiger partial charge in [-0.15, -0.1) is 0 Å². The molecule has 1 aromatic carbocycles. The van der Waals surface area contributed by atoms with Crippen LogP contribution in [0.15, 0.2) is 35.9 Å². The third kappa shape index (κ3) is 4.61. The van der Waals surface area contributed by atoms with Crippen LogP contribution >= 0.6 is 0 Å². The maximum Gasteiger partial charge on any atom is 0.248 e.